The zero-order valence-electron chi connectivity index (χ0n) is 41.8. The van der Waals surface area contributed by atoms with Gasteiger partial charge in [0.2, 0.25) is 0 Å². The first kappa shape index (κ1) is 52.6. The van der Waals surface area contributed by atoms with Crippen molar-refractivity contribution >= 4 is 28.8 Å². The van der Waals surface area contributed by atoms with Crippen molar-refractivity contribution in [3.63, 3.8) is 0 Å². The Hall–Kier alpha value is -8.18. The first-order chi connectivity index (χ1) is 35.1. The quantitative estimate of drug-likeness (QED) is 0.124. The summed E-state index contributed by atoms with van der Waals surface area (Å²) >= 11 is 0. The molecule has 17 heteroatoms. The van der Waals surface area contributed by atoms with Crippen LogP contribution in [0.3, 0.4) is 0 Å². The molecule has 14 nitrogen and oxygen atoms in total. The van der Waals surface area contributed by atoms with Gasteiger partial charge in [0.1, 0.15) is 35.7 Å². The van der Waals surface area contributed by atoms with Crippen molar-refractivity contribution in [3.05, 3.63) is 165 Å². The third-order valence-electron chi connectivity index (χ3n) is 12.2. The molecule has 0 spiro atoms. The number of hydrogen-bond acceptors (Lipinski definition) is 14. The standard InChI is InChI=1S/2C19H20O5.C18H15F3O4/c1-19(12-5-7-13(21-2)8-6-12)18(20)14-9-10-16(22-3)17(23-4)15(14)11-24-19;1-11-16-14(9-10-15(21-2)19(16)23-4)18(22-3)17(24-11)12-5-7-13(20)8-6-12;1-22-13-5-3-11(4-6-13)16-17(23-2)15-8-7-14(25-18(19,20)21)9-12(15)10-24-16/h5-10H,11H2,1-4H3;5-11,20H,1-4H3;3-9H,10H2,1-2H3. The van der Waals surface area contributed by atoms with Crippen LogP contribution in [-0.4, -0.2) is 74.1 Å². The molecule has 0 fully saturated rings. The fourth-order valence-corrected chi connectivity index (χ4v) is 8.59. The molecular formula is C56H55F3O14. The van der Waals surface area contributed by atoms with E-state index >= 15 is 0 Å². The summed E-state index contributed by atoms with van der Waals surface area (Å²) in [6.45, 7) is 4.12. The van der Waals surface area contributed by atoms with Crippen LogP contribution in [0.25, 0.3) is 23.0 Å². The monoisotopic (exact) mass is 1010 g/mol. The number of ketones is 1. The highest BCUT2D eigenvalue weighted by Crippen LogP contribution is 2.48. The Bertz CT molecular complexity index is 2980. The number of phenolic OH excluding ortho intramolecular Hbond substituents is 1. The highest BCUT2D eigenvalue weighted by molar-refractivity contribution is 6.05. The largest absolute Gasteiger partial charge is 0.573 e. The van der Waals surface area contributed by atoms with E-state index in [1.165, 1.54) is 25.3 Å². The molecule has 2 atom stereocenters. The molecule has 9 rings (SSSR count). The molecular weight excluding hydrogens is 954 g/mol. The van der Waals surface area contributed by atoms with E-state index in [2.05, 4.69) is 4.74 Å². The summed E-state index contributed by atoms with van der Waals surface area (Å²) in [6.07, 6.45) is -4.98. The number of carbonyl (C=O) groups is 1. The molecule has 0 aromatic heterocycles. The molecule has 0 bridgehead atoms. The first-order valence-corrected chi connectivity index (χ1v) is 22.6. The number of Topliss-reactive ketones (excluding diaryl/α,β-unsaturated/α-hetero) is 1. The maximum atomic E-state index is 13.1. The topological polar surface area (TPSA) is 148 Å². The van der Waals surface area contributed by atoms with Crippen LogP contribution in [0, 0.1) is 0 Å². The minimum Gasteiger partial charge on any atom is -0.508 e. The predicted octanol–water partition coefficient (Wildman–Crippen LogP) is 11.9. The van der Waals surface area contributed by atoms with Gasteiger partial charge in [-0.05, 0) is 123 Å². The highest BCUT2D eigenvalue weighted by Gasteiger charge is 2.43. The Morgan fingerprint density at radius 3 is 1.66 bits per heavy atom. The summed E-state index contributed by atoms with van der Waals surface area (Å²) in [6, 6.07) is 32.8. The van der Waals surface area contributed by atoms with Gasteiger partial charge in [0.15, 0.2) is 57.4 Å². The summed E-state index contributed by atoms with van der Waals surface area (Å²) in [7, 11) is 12.6. The number of ether oxygens (including phenoxy) is 12. The number of rotatable bonds is 12. The molecule has 384 valence electrons. The summed E-state index contributed by atoms with van der Waals surface area (Å²) in [5.74, 6) is 5.87. The molecule has 3 aliphatic rings. The number of phenols is 1. The molecule has 0 amide bonds. The van der Waals surface area contributed by atoms with Gasteiger partial charge in [-0.15, -0.1) is 13.2 Å². The Balaban J connectivity index is 0.000000160. The van der Waals surface area contributed by atoms with Gasteiger partial charge in [0.25, 0.3) is 0 Å². The Kier molecular flexibility index (Phi) is 16.2. The predicted molar refractivity (Wildman–Crippen MR) is 265 cm³/mol. The van der Waals surface area contributed by atoms with E-state index in [-0.39, 0.29) is 36.6 Å². The number of alkyl halides is 3. The van der Waals surface area contributed by atoms with Gasteiger partial charge in [-0.1, -0.05) is 12.1 Å². The summed E-state index contributed by atoms with van der Waals surface area (Å²) in [4.78, 5) is 13.1. The van der Waals surface area contributed by atoms with Crippen molar-refractivity contribution in [1.82, 2.24) is 0 Å². The molecule has 3 aliphatic heterocycles. The van der Waals surface area contributed by atoms with E-state index in [1.54, 1.807) is 105 Å². The molecule has 0 saturated carbocycles. The number of fused-ring (bicyclic) bond motifs is 3. The lowest BCUT2D eigenvalue weighted by Crippen LogP contribution is -2.39. The van der Waals surface area contributed by atoms with Gasteiger partial charge < -0.3 is 61.9 Å². The maximum Gasteiger partial charge on any atom is 0.573 e. The van der Waals surface area contributed by atoms with Crippen LogP contribution in [0.15, 0.2) is 115 Å². The highest BCUT2D eigenvalue weighted by atomic mass is 19.4. The molecule has 3 heterocycles. The fourth-order valence-electron chi connectivity index (χ4n) is 8.59. The van der Waals surface area contributed by atoms with Gasteiger partial charge in [-0.25, -0.2) is 0 Å². The average molecular weight is 1010 g/mol. The number of aromatic hydroxyl groups is 1. The van der Waals surface area contributed by atoms with E-state index in [1.807, 2.05) is 55.5 Å². The zero-order valence-corrected chi connectivity index (χ0v) is 41.8. The van der Waals surface area contributed by atoms with Gasteiger partial charge in [0.05, 0.1) is 63.5 Å². The van der Waals surface area contributed by atoms with Crippen molar-refractivity contribution in [3.8, 4) is 46.0 Å². The number of hydrogen-bond donors (Lipinski definition) is 1. The van der Waals surface area contributed by atoms with E-state index < -0.39 is 12.0 Å². The van der Waals surface area contributed by atoms with Crippen LogP contribution >= 0.6 is 0 Å². The van der Waals surface area contributed by atoms with E-state index in [0.29, 0.717) is 74.0 Å². The smallest absolute Gasteiger partial charge is 0.508 e. The van der Waals surface area contributed by atoms with E-state index in [9.17, 15) is 23.1 Å². The molecule has 6 aromatic carbocycles. The lowest BCUT2D eigenvalue weighted by Gasteiger charge is -2.34. The Morgan fingerprint density at radius 1 is 0.575 bits per heavy atom. The van der Waals surface area contributed by atoms with E-state index in [0.717, 1.165) is 33.6 Å². The van der Waals surface area contributed by atoms with Crippen molar-refractivity contribution in [2.24, 2.45) is 0 Å². The molecule has 0 aliphatic carbocycles. The van der Waals surface area contributed by atoms with Crippen LogP contribution in [0.5, 0.6) is 46.0 Å². The number of halogens is 3. The van der Waals surface area contributed by atoms with Crippen molar-refractivity contribution < 1.29 is 79.9 Å². The molecule has 1 N–H and O–H groups in total. The van der Waals surface area contributed by atoms with Crippen molar-refractivity contribution in [1.29, 1.82) is 0 Å². The van der Waals surface area contributed by atoms with Crippen LogP contribution in [0.1, 0.15) is 74.8 Å². The minimum atomic E-state index is -4.74. The average Bonchev–Trinajstić information content (AvgIpc) is 3.40. The summed E-state index contributed by atoms with van der Waals surface area (Å²) in [5, 5.41) is 9.50. The molecule has 2 unspecified atom stereocenters. The van der Waals surface area contributed by atoms with Crippen LogP contribution in [-0.2, 0) is 42.5 Å². The number of carbonyl (C=O) groups excluding carboxylic acids is 1. The second-order valence-corrected chi connectivity index (χ2v) is 16.4. The molecule has 73 heavy (non-hydrogen) atoms. The summed E-state index contributed by atoms with van der Waals surface area (Å²) < 4.78 is 102. The van der Waals surface area contributed by atoms with Crippen LogP contribution < -0.4 is 33.2 Å². The molecule has 0 radical (unpaired) electrons. The lowest BCUT2D eigenvalue weighted by molar-refractivity contribution is -0.274. The molecule has 0 saturated heterocycles. The normalized spacial score (nSPS) is 16.5. The van der Waals surface area contributed by atoms with Gasteiger partial charge in [0, 0.05) is 44.5 Å². The Labute approximate surface area is 420 Å². The molecule has 6 aromatic rings. The second-order valence-electron chi connectivity index (χ2n) is 16.4. The summed E-state index contributed by atoms with van der Waals surface area (Å²) in [5.41, 5.74) is 5.66. The SMILES string of the molecule is COC1=C(c2ccc(O)cc2)OC(C)c2c1ccc(OC)c2OC.COC1=C(c2ccc(OC)cc2)OCc2cc(OC(F)(F)F)ccc21.COc1ccc(C2(C)OCc3c(ccc(OC)c3OC)C2=O)cc1. The number of methoxy groups -OCH3 is 8. The van der Waals surface area contributed by atoms with E-state index in [4.69, 9.17) is 52.1 Å². The first-order valence-electron chi connectivity index (χ1n) is 22.6. The number of benzene rings is 6. The maximum absolute atomic E-state index is 13.1. The Morgan fingerprint density at radius 2 is 1.10 bits per heavy atom. The fraction of sp³-hybridized carbons (Fsp3) is 0.268. The van der Waals surface area contributed by atoms with Gasteiger partial charge >= 0.3 is 6.36 Å². The van der Waals surface area contributed by atoms with Gasteiger partial charge in [-0.3, -0.25) is 4.79 Å². The lowest BCUT2D eigenvalue weighted by atomic mass is 9.83. The van der Waals surface area contributed by atoms with Crippen LogP contribution in [0.2, 0.25) is 0 Å². The van der Waals surface area contributed by atoms with Crippen molar-refractivity contribution in [2.75, 3.05) is 56.9 Å². The minimum absolute atomic E-state index is 0.102. The van der Waals surface area contributed by atoms with Crippen LogP contribution in [0.4, 0.5) is 13.2 Å². The van der Waals surface area contributed by atoms with Crippen molar-refractivity contribution in [2.45, 2.75) is 45.1 Å². The third kappa shape index (κ3) is 11.0. The third-order valence-corrected chi connectivity index (χ3v) is 12.2. The van der Waals surface area contributed by atoms with Gasteiger partial charge in [-0.2, -0.15) is 0 Å². The second kappa shape index (κ2) is 22.5. The zero-order chi connectivity index (χ0) is 52.6.